The van der Waals surface area contributed by atoms with E-state index in [9.17, 15) is 4.79 Å². The van der Waals surface area contributed by atoms with E-state index in [0.29, 0.717) is 5.69 Å². The maximum Gasteiger partial charge on any atom is 0.274 e. The molecule has 0 saturated heterocycles. The van der Waals surface area contributed by atoms with Crippen LogP contribution in [0, 0.1) is 0 Å². The molecule has 1 aromatic heterocycles. The van der Waals surface area contributed by atoms with Gasteiger partial charge in [0.2, 0.25) is 0 Å². The lowest BCUT2D eigenvalue weighted by molar-refractivity contribution is 0.0724. The zero-order valence-corrected chi connectivity index (χ0v) is 12.9. The number of hydrogen-bond donors (Lipinski definition) is 0. The van der Waals surface area contributed by atoms with Crippen LogP contribution >= 0.6 is 0 Å². The molecule has 0 spiro atoms. The molecule has 4 heteroatoms. The zero-order valence-electron chi connectivity index (χ0n) is 12.9. The third-order valence-corrected chi connectivity index (χ3v) is 4.56. The first-order valence-electron chi connectivity index (χ1n) is 7.81. The lowest BCUT2D eigenvalue weighted by Crippen LogP contribution is -2.30. The molecular formula is C19H17N3O. The van der Waals surface area contributed by atoms with Crippen molar-refractivity contribution >= 4 is 16.9 Å². The van der Waals surface area contributed by atoms with Gasteiger partial charge >= 0.3 is 0 Å². The molecule has 1 aliphatic rings. The summed E-state index contributed by atoms with van der Waals surface area (Å²) in [6.07, 6.45) is 3.55. The van der Waals surface area contributed by atoms with Crippen molar-refractivity contribution in [3.8, 4) is 0 Å². The van der Waals surface area contributed by atoms with Crippen LogP contribution in [0.2, 0.25) is 0 Å². The fourth-order valence-corrected chi connectivity index (χ4v) is 3.32. The van der Waals surface area contributed by atoms with Gasteiger partial charge in [0.1, 0.15) is 5.69 Å². The summed E-state index contributed by atoms with van der Waals surface area (Å²) in [6, 6.07) is 16.1. The van der Waals surface area contributed by atoms with E-state index in [0.717, 1.165) is 23.9 Å². The van der Waals surface area contributed by atoms with Crippen molar-refractivity contribution in [2.24, 2.45) is 0 Å². The van der Waals surface area contributed by atoms with Crippen molar-refractivity contribution < 1.29 is 4.79 Å². The number of carbonyl (C=O) groups is 1. The van der Waals surface area contributed by atoms with Crippen molar-refractivity contribution in [1.29, 1.82) is 0 Å². The molecule has 1 amide bonds. The van der Waals surface area contributed by atoms with Gasteiger partial charge in [0.25, 0.3) is 5.91 Å². The minimum Gasteiger partial charge on any atom is -0.333 e. The Morgan fingerprint density at radius 1 is 1.09 bits per heavy atom. The quantitative estimate of drug-likeness (QED) is 0.729. The van der Waals surface area contributed by atoms with Crippen molar-refractivity contribution in [2.45, 2.75) is 18.9 Å². The summed E-state index contributed by atoms with van der Waals surface area (Å²) in [5.41, 5.74) is 4.53. The van der Waals surface area contributed by atoms with Crippen LogP contribution in [0.25, 0.3) is 11.0 Å². The van der Waals surface area contributed by atoms with Crippen molar-refractivity contribution in [3.05, 3.63) is 71.5 Å². The van der Waals surface area contributed by atoms with E-state index in [1.165, 1.54) is 11.1 Å². The van der Waals surface area contributed by atoms with E-state index in [1.54, 1.807) is 11.1 Å². The number of aromatic nitrogens is 2. The van der Waals surface area contributed by atoms with Crippen LogP contribution in [0.4, 0.5) is 0 Å². The van der Waals surface area contributed by atoms with Crippen LogP contribution in [0.3, 0.4) is 0 Å². The minimum absolute atomic E-state index is 0.0787. The average Bonchev–Trinajstić information content (AvgIpc) is 3.04. The molecule has 4 nitrogen and oxygen atoms in total. The highest BCUT2D eigenvalue weighted by Gasteiger charge is 2.29. The molecule has 1 atom stereocenters. The summed E-state index contributed by atoms with van der Waals surface area (Å²) >= 11 is 0. The van der Waals surface area contributed by atoms with Gasteiger partial charge in [-0.2, -0.15) is 0 Å². The predicted molar refractivity (Wildman–Crippen MR) is 89.1 cm³/mol. The maximum atomic E-state index is 12.8. The summed E-state index contributed by atoms with van der Waals surface area (Å²) in [6.45, 7) is 0. The second-order valence-electron chi connectivity index (χ2n) is 5.91. The molecule has 23 heavy (non-hydrogen) atoms. The van der Waals surface area contributed by atoms with Gasteiger partial charge in [0.05, 0.1) is 23.3 Å². The molecule has 0 saturated carbocycles. The number of hydrogen-bond acceptors (Lipinski definition) is 3. The van der Waals surface area contributed by atoms with Crippen molar-refractivity contribution in [3.63, 3.8) is 0 Å². The van der Waals surface area contributed by atoms with E-state index < -0.39 is 0 Å². The standard InChI is InChI=1S/C19H17N3O/c1-22(18-11-10-13-6-2-3-7-14(13)18)19(23)17-12-20-15-8-4-5-9-16(15)21-17/h2-9,12,18H,10-11H2,1H3/t18-/m1/s1. The van der Waals surface area contributed by atoms with Crippen LogP contribution in [-0.2, 0) is 6.42 Å². The molecule has 114 valence electrons. The Morgan fingerprint density at radius 2 is 1.83 bits per heavy atom. The van der Waals surface area contributed by atoms with Crippen LogP contribution in [0.15, 0.2) is 54.7 Å². The first kappa shape index (κ1) is 13.9. The third-order valence-electron chi connectivity index (χ3n) is 4.56. The van der Waals surface area contributed by atoms with Crippen LogP contribution in [-0.4, -0.2) is 27.8 Å². The van der Waals surface area contributed by atoms with Gasteiger partial charge in [-0.1, -0.05) is 36.4 Å². The summed E-state index contributed by atoms with van der Waals surface area (Å²) in [5, 5.41) is 0. The Labute approximate surface area is 134 Å². The highest BCUT2D eigenvalue weighted by Crippen LogP contribution is 2.35. The molecule has 1 heterocycles. The predicted octanol–water partition coefficient (Wildman–Crippen LogP) is 3.39. The van der Waals surface area contributed by atoms with Gasteiger partial charge in [0, 0.05) is 7.05 Å². The normalized spacial score (nSPS) is 16.3. The molecule has 0 aliphatic heterocycles. The van der Waals surface area contributed by atoms with Gasteiger partial charge < -0.3 is 4.90 Å². The molecule has 2 aromatic carbocycles. The van der Waals surface area contributed by atoms with Crippen LogP contribution < -0.4 is 0 Å². The smallest absolute Gasteiger partial charge is 0.274 e. The number of aryl methyl sites for hydroxylation is 1. The Morgan fingerprint density at radius 3 is 2.70 bits per heavy atom. The molecule has 0 bridgehead atoms. The molecule has 4 rings (SSSR count). The second-order valence-corrected chi connectivity index (χ2v) is 5.91. The molecule has 3 aromatic rings. The number of benzene rings is 2. The number of amides is 1. The van der Waals surface area contributed by atoms with Crippen LogP contribution in [0.1, 0.15) is 34.1 Å². The SMILES string of the molecule is CN(C(=O)c1cnc2ccccc2n1)[C@@H]1CCc2ccccc21. The summed E-state index contributed by atoms with van der Waals surface area (Å²) in [5.74, 6) is -0.0787. The fourth-order valence-electron chi connectivity index (χ4n) is 3.32. The van der Waals surface area contributed by atoms with Crippen molar-refractivity contribution in [2.75, 3.05) is 7.05 Å². The average molecular weight is 303 g/mol. The zero-order chi connectivity index (χ0) is 15.8. The van der Waals surface area contributed by atoms with Crippen molar-refractivity contribution in [1.82, 2.24) is 14.9 Å². The molecule has 0 fully saturated rings. The Hall–Kier alpha value is -2.75. The Bertz CT molecular complexity index is 890. The first-order chi connectivity index (χ1) is 11.2. The van der Waals surface area contributed by atoms with Crippen LogP contribution in [0.5, 0.6) is 0 Å². The molecule has 1 aliphatic carbocycles. The van der Waals surface area contributed by atoms with E-state index in [4.69, 9.17) is 0 Å². The molecular weight excluding hydrogens is 286 g/mol. The number of carbonyl (C=O) groups excluding carboxylic acids is 1. The third kappa shape index (κ3) is 2.36. The van der Waals surface area contributed by atoms with Gasteiger partial charge in [-0.15, -0.1) is 0 Å². The molecule has 0 unspecified atom stereocenters. The van der Waals surface area contributed by atoms with Gasteiger partial charge in [-0.05, 0) is 36.1 Å². The topological polar surface area (TPSA) is 46.1 Å². The second kappa shape index (κ2) is 5.47. The van der Waals surface area contributed by atoms with E-state index in [2.05, 4.69) is 28.2 Å². The molecule has 0 radical (unpaired) electrons. The summed E-state index contributed by atoms with van der Waals surface area (Å²) in [7, 11) is 1.85. The van der Waals surface area contributed by atoms with E-state index in [-0.39, 0.29) is 11.9 Å². The number of fused-ring (bicyclic) bond motifs is 2. The van der Waals surface area contributed by atoms with Gasteiger partial charge in [-0.3, -0.25) is 9.78 Å². The lowest BCUT2D eigenvalue weighted by atomic mass is 10.1. The monoisotopic (exact) mass is 303 g/mol. The number of nitrogens with zero attached hydrogens (tertiary/aromatic N) is 3. The first-order valence-corrected chi connectivity index (χ1v) is 7.81. The minimum atomic E-state index is -0.0787. The summed E-state index contributed by atoms with van der Waals surface area (Å²) in [4.78, 5) is 23.4. The highest BCUT2D eigenvalue weighted by molar-refractivity contribution is 5.94. The number of para-hydroxylation sites is 2. The van der Waals surface area contributed by atoms with Gasteiger partial charge in [0.15, 0.2) is 0 Å². The van der Waals surface area contributed by atoms with Gasteiger partial charge in [-0.25, -0.2) is 4.98 Å². The highest BCUT2D eigenvalue weighted by atomic mass is 16.2. The fraction of sp³-hybridized carbons (Fsp3) is 0.211. The largest absolute Gasteiger partial charge is 0.333 e. The van der Waals surface area contributed by atoms with E-state index >= 15 is 0 Å². The Kier molecular flexibility index (Phi) is 3.30. The maximum absolute atomic E-state index is 12.8. The summed E-state index contributed by atoms with van der Waals surface area (Å²) < 4.78 is 0. The van der Waals surface area contributed by atoms with E-state index in [1.807, 2.05) is 37.4 Å². The molecule has 0 N–H and O–H groups in total. The Balaban J connectivity index is 1.65. The number of rotatable bonds is 2. The lowest BCUT2D eigenvalue weighted by Gasteiger charge is -2.25.